The summed E-state index contributed by atoms with van der Waals surface area (Å²) in [7, 11) is 1.60. The second-order valence-corrected chi connectivity index (χ2v) is 6.03. The van der Waals surface area contributed by atoms with Crippen molar-refractivity contribution in [1.82, 2.24) is 4.90 Å². The van der Waals surface area contributed by atoms with E-state index in [9.17, 15) is 4.79 Å². The molecule has 2 rings (SSSR count). The first-order chi connectivity index (χ1) is 9.60. The van der Waals surface area contributed by atoms with Crippen LogP contribution in [0.5, 0.6) is 11.5 Å². The molecule has 5 heteroatoms. The van der Waals surface area contributed by atoms with Crippen LogP contribution in [0.2, 0.25) is 0 Å². The largest absolute Gasteiger partial charge is 0.497 e. The van der Waals surface area contributed by atoms with Crippen molar-refractivity contribution in [3.05, 3.63) is 22.7 Å². The zero-order valence-electron chi connectivity index (χ0n) is 11.9. The SMILES string of the molecule is COc1ccc(Br)c(OCC(=O)N2CCCC(C)C2)c1. The molecule has 0 spiro atoms. The van der Waals surface area contributed by atoms with Gasteiger partial charge in [0.05, 0.1) is 11.6 Å². The summed E-state index contributed by atoms with van der Waals surface area (Å²) in [6.07, 6.45) is 2.28. The number of halogens is 1. The third kappa shape index (κ3) is 3.88. The maximum atomic E-state index is 12.1. The van der Waals surface area contributed by atoms with Crippen LogP contribution in [0.1, 0.15) is 19.8 Å². The van der Waals surface area contributed by atoms with Crippen LogP contribution in [0.15, 0.2) is 22.7 Å². The number of amides is 1. The fourth-order valence-electron chi connectivity index (χ4n) is 2.37. The Labute approximate surface area is 128 Å². The molecule has 0 bridgehead atoms. The molecular formula is C15H20BrNO3. The number of rotatable bonds is 4. The van der Waals surface area contributed by atoms with Crippen LogP contribution in [0.4, 0.5) is 0 Å². The predicted octanol–water partition coefficient (Wildman–Crippen LogP) is 3.10. The molecule has 1 fully saturated rings. The molecule has 1 aromatic carbocycles. The van der Waals surface area contributed by atoms with E-state index >= 15 is 0 Å². The smallest absolute Gasteiger partial charge is 0.260 e. The average Bonchev–Trinajstić information content (AvgIpc) is 2.46. The molecule has 20 heavy (non-hydrogen) atoms. The summed E-state index contributed by atoms with van der Waals surface area (Å²) >= 11 is 3.41. The van der Waals surface area contributed by atoms with E-state index in [4.69, 9.17) is 9.47 Å². The number of hydrogen-bond donors (Lipinski definition) is 0. The quantitative estimate of drug-likeness (QED) is 0.844. The minimum atomic E-state index is 0.0475. The second kappa shape index (κ2) is 6.97. The molecule has 1 heterocycles. The van der Waals surface area contributed by atoms with Gasteiger partial charge in [-0.3, -0.25) is 4.79 Å². The van der Waals surface area contributed by atoms with Crippen molar-refractivity contribution in [2.24, 2.45) is 5.92 Å². The van der Waals surface area contributed by atoms with Crippen molar-refractivity contribution in [2.45, 2.75) is 19.8 Å². The summed E-state index contributed by atoms with van der Waals surface area (Å²) in [6, 6.07) is 5.46. The number of piperidine rings is 1. The van der Waals surface area contributed by atoms with Crippen molar-refractivity contribution >= 4 is 21.8 Å². The second-order valence-electron chi connectivity index (χ2n) is 5.17. The van der Waals surface area contributed by atoms with Gasteiger partial charge in [0.15, 0.2) is 6.61 Å². The van der Waals surface area contributed by atoms with Crippen LogP contribution in [-0.4, -0.2) is 37.6 Å². The Hall–Kier alpha value is -1.23. The maximum Gasteiger partial charge on any atom is 0.260 e. The van der Waals surface area contributed by atoms with Gasteiger partial charge in [0, 0.05) is 19.2 Å². The van der Waals surface area contributed by atoms with E-state index in [1.807, 2.05) is 17.0 Å². The number of benzene rings is 1. The van der Waals surface area contributed by atoms with Crippen LogP contribution >= 0.6 is 15.9 Å². The molecule has 110 valence electrons. The lowest BCUT2D eigenvalue weighted by Crippen LogP contribution is -2.41. The summed E-state index contributed by atoms with van der Waals surface area (Å²) in [6.45, 7) is 3.92. The summed E-state index contributed by atoms with van der Waals surface area (Å²) in [5.41, 5.74) is 0. The molecule has 0 saturated carbocycles. The Kier molecular flexibility index (Phi) is 5.29. The van der Waals surface area contributed by atoms with Gasteiger partial charge in [-0.1, -0.05) is 6.92 Å². The molecule has 1 aliphatic rings. The summed E-state index contributed by atoms with van der Waals surface area (Å²) in [5, 5.41) is 0. The molecular weight excluding hydrogens is 322 g/mol. The number of nitrogens with zero attached hydrogens (tertiary/aromatic N) is 1. The van der Waals surface area contributed by atoms with Crippen molar-refractivity contribution in [2.75, 3.05) is 26.8 Å². The molecule has 0 radical (unpaired) electrons. The van der Waals surface area contributed by atoms with Gasteiger partial charge in [-0.2, -0.15) is 0 Å². The van der Waals surface area contributed by atoms with E-state index in [1.165, 1.54) is 6.42 Å². The molecule has 1 aliphatic heterocycles. The number of carbonyl (C=O) groups is 1. The Balaban J connectivity index is 1.92. The van der Waals surface area contributed by atoms with Gasteiger partial charge < -0.3 is 14.4 Å². The molecule has 1 atom stereocenters. The normalized spacial score (nSPS) is 18.8. The molecule has 1 saturated heterocycles. The lowest BCUT2D eigenvalue weighted by atomic mass is 10.0. The van der Waals surface area contributed by atoms with Gasteiger partial charge in [0.1, 0.15) is 11.5 Å². The summed E-state index contributed by atoms with van der Waals surface area (Å²) < 4.78 is 11.6. The standard InChI is InChI=1S/C15H20BrNO3/c1-11-4-3-7-17(9-11)15(18)10-20-14-8-12(19-2)5-6-13(14)16/h5-6,8,11H,3-4,7,9-10H2,1-2H3. The number of likely N-dealkylation sites (tertiary alicyclic amines) is 1. The van der Waals surface area contributed by atoms with Crippen LogP contribution in [0.25, 0.3) is 0 Å². The van der Waals surface area contributed by atoms with Crippen molar-refractivity contribution in [3.8, 4) is 11.5 Å². The topological polar surface area (TPSA) is 38.8 Å². The van der Waals surface area contributed by atoms with E-state index in [0.717, 1.165) is 24.0 Å². The van der Waals surface area contributed by atoms with Gasteiger partial charge in [0.25, 0.3) is 5.91 Å². The van der Waals surface area contributed by atoms with Crippen molar-refractivity contribution < 1.29 is 14.3 Å². The maximum absolute atomic E-state index is 12.1. The van der Waals surface area contributed by atoms with Crippen molar-refractivity contribution in [3.63, 3.8) is 0 Å². The molecule has 1 amide bonds. The Morgan fingerprint density at radius 1 is 1.50 bits per heavy atom. The van der Waals surface area contributed by atoms with Crippen LogP contribution < -0.4 is 9.47 Å². The minimum Gasteiger partial charge on any atom is -0.497 e. The first-order valence-electron chi connectivity index (χ1n) is 6.84. The third-order valence-corrected chi connectivity index (χ3v) is 4.15. The Morgan fingerprint density at radius 3 is 3.00 bits per heavy atom. The van der Waals surface area contributed by atoms with E-state index in [1.54, 1.807) is 13.2 Å². The van der Waals surface area contributed by atoms with E-state index in [2.05, 4.69) is 22.9 Å². The number of methoxy groups -OCH3 is 1. The van der Waals surface area contributed by atoms with E-state index < -0.39 is 0 Å². The lowest BCUT2D eigenvalue weighted by molar-refractivity contribution is -0.135. The molecule has 0 N–H and O–H groups in total. The van der Waals surface area contributed by atoms with Gasteiger partial charge >= 0.3 is 0 Å². The highest BCUT2D eigenvalue weighted by molar-refractivity contribution is 9.10. The first-order valence-corrected chi connectivity index (χ1v) is 7.63. The first kappa shape index (κ1) is 15.2. The Morgan fingerprint density at radius 2 is 2.30 bits per heavy atom. The fourth-order valence-corrected chi connectivity index (χ4v) is 2.73. The lowest BCUT2D eigenvalue weighted by Gasteiger charge is -2.30. The van der Waals surface area contributed by atoms with E-state index in [0.29, 0.717) is 17.4 Å². The number of hydrogen-bond acceptors (Lipinski definition) is 3. The van der Waals surface area contributed by atoms with Crippen LogP contribution in [-0.2, 0) is 4.79 Å². The predicted molar refractivity (Wildman–Crippen MR) is 81.2 cm³/mol. The molecule has 4 nitrogen and oxygen atoms in total. The highest BCUT2D eigenvalue weighted by atomic mass is 79.9. The average molecular weight is 342 g/mol. The van der Waals surface area contributed by atoms with Gasteiger partial charge in [-0.25, -0.2) is 0 Å². The summed E-state index contributed by atoms with van der Waals surface area (Å²) in [4.78, 5) is 14.0. The van der Waals surface area contributed by atoms with Crippen LogP contribution in [0, 0.1) is 5.92 Å². The van der Waals surface area contributed by atoms with Gasteiger partial charge in [-0.15, -0.1) is 0 Å². The fraction of sp³-hybridized carbons (Fsp3) is 0.533. The zero-order chi connectivity index (χ0) is 14.5. The number of ether oxygens (including phenoxy) is 2. The highest BCUT2D eigenvalue weighted by Gasteiger charge is 2.21. The van der Waals surface area contributed by atoms with Crippen molar-refractivity contribution in [1.29, 1.82) is 0 Å². The minimum absolute atomic E-state index is 0.0475. The highest BCUT2D eigenvalue weighted by Crippen LogP contribution is 2.29. The molecule has 0 aliphatic carbocycles. The van der Waals surface area contributed by atoms with Gasteiger partial charge in [-0.05, 0) is 46.8 Å². The van der Waals surface area contributed by atoms with Crippen LogP contribution in [0.3, 0.4) is 0 Å². The summed E-state index contributed by atoms with van der Waals surface area (Å²) in [5.74, 6) is 1.97. The molecule has 1 unspecified atom stereocenters. The zero-order valence-corrected chi connectivity index (χ0v) is 13.5. The molecule has 0 aromatic heterocycles. The monoisotopic (exact) mass is 341 g/mol. The third-order valence-electron chi connectivity index (χ3n) is 3.50. The Bertz CT molecular complexity index is 478. The van der Waals surface area contributed by atoms with E-state index in [-0.39, 0.29) is 12.5 Å². The molecule has 1 aromatic rings. The number of carbonyl (C=O) groups excluding carboxylic acids is 1. The van der Waals surface area contributed by atoms with Gasteiger partial charge in [0.2, 0.25) is 0 Å².